The first-order valence-electron chi connectivity index (χ1n) is 18.8. The van der Waals surface area contributed by atoms with Crippen molar-refractivity contribution in [3.8, 4) is 22.8 Å². The molecule has 3 aromatic rings. The Labute approximate surface area is 327 Å². The minimum Gasteiger partial charge on any atom is -0.497 e. The molecule has 2 aliphatic carbocycles. The third-order valence-corrected chi connectivity index (χ3v) is 12.0. The van der Waals surface area contributed by atoms with Gasteiger partial charge in [-0.25, -0.2) is 18.2 Å². The predicted octanol–water partition coefficient (Wildman–Crippen LogP) is 4.87. The van der Waals surface area contributed by atoms with Gasteiger partial charge in [-0.15, -0.1) is 6.58 Å². The van der Waals surface area contributed by atoms with Gasteiger partial charge in [-0.3, -0.25) is 19.1 Å². The highest BCUT2D eigenvalue weighted by Crippen LogP contribution is 2.46. The molecule has 1 aromatic heterocycles. The second kappa shape index (κ2) is 15.1. The summed E-state index contributed by atoms with van der Waals surface area (Å²) in [5, 5.41) is 5.56. The lowest BCUT2D eigenvalue weighted by Crippen LogP contribution is -2.60. The number of sulfonamides is 1. The molecule has 15 heteroatoms. The Hall–Kier alpha value is -5.18. The number of fused-ring (bicyclic) bond motifs is 1. The lowest BCUT2D eigenvalue weighted by molar-refractivity contribution is -0.143. The van der Waals surface area contributed by atoms with Crippen LogP contribution in [0.2, 0.25) is 0 Å². The summed E-state index contributed by atoms with van der Waals surface area (Å²) in [5.74, 6) is -1.56. The summed E-state index contributed by atoms with van der Waals surface area (Å²) in [6, 6.07) is 14.5. The maximum absolute atomic E-state index is 14.7. The quantitative estimate of drug-likeness (QED) is 0.214. The number of methoxy groups -OCH3 is 1. The molecule has 5 atom stereocenters. The minimum absolute atomic E-state index is 0.0122. The SMILES string of the molecule is C=C[C@@H]1C[C@]1(NC(=O)C1C[C@@H](Oc2cc(-c3ccccc3)nc3cc(OC)ccc23)CN1C(=O)[C@@H](NC(=O)OC(C)(C)C)C(C)(C)C)C(=O)NS(=O)(=O)C1CC1. The first-order chi connectivity index (χ1) is 26.2. The van der Waals surface area contributed by atoms with Gasteiger partial charge in [-0.1, -0.05) is 57.2 Å². The molecule has 4 amide bonds. The number of carbonyl (C=O) groups is 4. The van der Waals surface area contributed by atoms with Gasteiger partial charge in [0.15, 0.2) is 0 Å². The maximum Gasteiger partial charge on any atom is 0.408 e. The third-order valence-electron chi connectivity index (χ3n) is 10.2. The van der Waals surface area contributed by atoms with Crippen LogP contribution in [0.3, 0.4) is 0 Å². The van der Waals surface area contributed by atoms with Crippen molar-refractivity contribution in [1.82, 2.24) is 25.2 Å². The van der Waals surface area contributed by atoms with E-state index in [0.717, 1.165) is 5.56 Å². The molecule has 3 N–H and O–H groups in total. The van der Waals surface area contributed by atoms with Gasteiger partial charge in [-0.2, -0.15) is 0 Å². The van der Waals surface area contributed by atoms with E-state index in [4.69, 9.17) is 19.2 Å². The number of carbonyl (C=O) groups excluding carboxylic acids is 4. The second-order valence-electron chi connectivity index (χ2n) is 16.9. The van der Waals surface area contributed by atoms with Gasteiger partial charge in [0.2, 0.25) is 21.8 Å². The fraction of sp³-hybridized carbons (Fsp3) is 0.488. The second-order valence-corrected chi connectivity index (χ2v) is 18.8. The molecule has 3 aliphatic rings. The highest BCUT2D eigenvalue weighted by molar-refractivity contribution is 7.91. The number of benzene rings is 2. The van der Waals surface area contributed by atoms with Gasteiger partial charge < -0.3 is 29.7 Å². The lowest BCUT2D eigenvalue weighted by Gasteiger charge is -2.36. The summed E-state index contributed by atoms with van der Waals surface area (Å²) in [6.07, 6.45) is 1.01. The normalized spacial score (nSPS) is 22.8. The topological polar surface area (TPSA) is 182 Å². The Morgan fingerprint density at radius 2 is 1.71 bits per heavy atom. The van der Waals surface area contributed by atoms with Crippen LogP contribution in [0.4, 0.5) is 4.79 Å². The van der Waals surface area contributed by atoms with Gasteiger partial charge in [-0.05, 0) is 57.6 Å². The predicted molar refractivity (Wildman–Crippen MR) is 210 cm³/mol. The summed E-state index contributed by atoms with van der Waals surface area (Å²) in [5.41, 5.74) is -1.16. The average Bonchev–Trinajstić information content (AvgIpc) is 4.06. The summed E-state index contributed by atoms with van der Waals surface area (Å²) in [4.78, 5) is 61.9. The van der Waals surface area contributed by atoms with Crippen LogP contribution in [-0.4, -0.2) is 90.3 Å². The average molecular weight is 790 g/mol. The van der Waals surface area contributed by atoms with Crippen LogP contribution in [-0.2, 0) is 29.1 Å². The van der Waals surface area contributed by atoms with Gasteiger partial charge >= 0.3 is 6.09 Å². The monoisotopic (exact) mass is 789 g/mol. The number of aromatic nitrogens is 1. The molecule has 1 unspecified atom stereocenters. The van der Waals surface area contributed by atoms with Crippen LogP contribution in [0.25, 0.3) is 22.2 Å². The maximum atomic E-state index is 14.7. The number of amides is 4. The zero-order valence-electron chi connectivity index (χ0n) is 32.9. The van der Waals surface area contributed by atoms with Crippen LogP contribution in [0, 0.1) is 11.3 Å². The highest BCUT2D eigenvalue weighted by Gasteiger charge is 2.62. The Bertz CT molecular complexity index is 2140. The molecule has 2 aromatic carbocycles. The fourth-order valence-electron chi connectivity index (χ4n) is 6.97. The number of hydrogen-bond donors (Lipinski definition) is 3. The van der Waals surface area contributed by atoms with Crippen LogP contribution in [0.5, 0.6) is 11.5 Å². The van der Waals surface area contributed by atoms with Crippen molar-refractivity contribution in [2.45, 2.75) is 102 Å². The molecule has 6 rings (SSSR count). The summed E-state index contributed by atoms with van der Waals surface area (Å²) >= 11 is 0. The van der Waals surface area contributed by atoms with E-state index in [1.807, 2.05) is 42.5 Å². The van der Waals surface area contributed by atoms with Crippen molar-refractivity contribution in [2.24, 2.45) is 11.3 Å². The first kappa shape index (κ1) is 40.5. The third kappa shape index (κ3) is 8.77. The van der Waals surface area contributed by atoms with E-state index in [9.17, 15) is 27.6 Å². The van der Waals surface area contributed by atoms with Crippen molar-refractivity contribution >= 4 is 44.7 Å². The van der Waals surface area contributed by atoms with Crippen LogP contribution < -0.4 is 24.8 Å². The molecule has 1 saturated heterocycles. The molecule has 2 saturated carbocycles. The van der Waals surface area contributed by atoms with Crippen molar-refractivity contribution in [3.05, 3.63) is 67.3 Å². The van der Waals surface area contributed by atoms with E-state index in [1.165, 1.54) is 11.0 Å². The fourth-order valence-corrected chi connectivity index (χ4v) is 8.33. The van der Waals surface area contributed by atoms with Gasteiger partial charge in [0, 0.05) is 35.4 Å². The summed E-state index contributed by atoms with van der Waals surface area (Å²) < 4.78 is 45.4. The molecule has 300 valence electrons. The largest absolute Gasteiger partial charge is 0.497 e. The van der Waals surface area contributed by atoms with Gasteiger partial charge in [0.1, 0.15) is 40.8 Å². The number of hydrogen-bond acceptors (Lipinski definition) is 10. The molecular formula is C41H51N5O9S. The van der Waals surface area contributed by atoms with E-state index >= 15 is 0 Å². The standard InChI is InChI=1S/C41H51N5O9S/c1-9-25-22-41(25,37(49)45-56(51,52)28-16-17-28)44-35(47)32-20-27(23-46(32)36(48)34(39(2,3)4)43-38(50)55-40(5,6)7)54-33-21-30(24-13-11-10-12-14-24)42-31-19-26(53-8)15-18-29(31)33/h9-15,18-19,21,25,27-28,32,34H,1,16-17,20,22-23H2,2-8H3,(H,43,50)(H,44,47)(H,45,49)/t25-,27-,32?,34-,41-/m1/s1. The molecule has 56 heavy (non-hydrogen) atoms. The molecule has 14 nitrogen and oxygen atoms in total. The van der Waals surface area contributed by atoms with Crippen molar-refractivity contribution in [1.29, 1.82) is 0 Å². The number of nitrogens with zero attached hydrogens (tertiary/aromatic N) is 2. The molecule has 0 bridgehead atoms. The summed E-state index contributed by atoms with van der Waals surface area (Å²) in [7, 11) is -2.35. The van der Waals surface area contributed by atoms with Crippen LogP contribution in [0.1, 0.15) is 67.2 Å². The molecule has 0 radical (unpaired) electrons. The minimum atomic E-state index is -3.92. The smallest absolute Gasteiger partial charge is 0.408 e. The molecule has 2 heterocycles. The molecular weight excluding hydrogens is 739 g/mol. The van der Waals surface area contributed by atoms with E-state index in [-0.39, 0.29) is 19.4 Å². The van der Waals surface area contributed by atoms with E-state index in [0.29, 0.717) is 40.9 Å². The number of rotatable bonds is 12. The molecule has 3 fully saturated rings. The molecule has 1 aliphatic heterocycles. The number of alkyl carbamates (subject to hydrolysis) is 1. The number of ether oxygens (including phenoxy) is 3. The van der Waals surface area contributed by atoms with Crippen molar-refractivity contribution < 1.29 is 41.8 Å². The first-order valence-corrected chi connectivity index (χ1v) is 20.3. The van der Waals surface area contributed by atoms with Gasteiger partial charge in [0.25, 0.3) is 5.91 Å². The number of nitrogens with one attached hydrogen (secondary N) is 3. The lowest BCUT2D eigenvalue weighted by atomic mass is 9.85. The summed E-state index contributed by atoms with van der Waals surface area (Å²) in [6.45, 7) is 14.2. The van der Waals surface area contributed by atoms with Crippen molar-refractivity contribution in [3.63, 3.8) is 0 Å². The van der Waals surface area contributed by atoms with Crippen LogP contribution >= 0.6 is 0 Å². The Balaban J connectivity index is 1.34. The highest BCUT2D eigenvalue weighted by atomic mass is 32.2. The van der Waals surface area contributed by atoms with E-state index in [2.05, 4.69) is 21.9 Å². The number of likely N-dealkylation sites (tertiary alicyclic amines) is 1. The Morgan fingerprint density at radius 1 is 1.02 bits per heavy atom. The van der Waals surface area contributed by atoms with Crippen molar-refractivity contribution in [2.75, 3.05) is 13.7 Å². The Kier molecular flexibility index (Phi) is 10.9. The Morgan fingerprint density at radius 3 is 2.30 bits per heavy atom. The van der Waals surface area contributed by atoms with Gasteiger partial charge in [0.05, 0.1) is 30.1 Å². The number of pyridine rings is 1. The van der Waals surface area contributed by atoms with E-state index in [1.54, 1.807) is 60.8 Å². The van der Waals surface area contributed by atoms with E-state index < -0.39 is 79.7 Å². The van der Waals surface area contributed by atoms with Crippen LogP contribution in [0.15, 0.2) is 67.3 Å². The zero-order valence-corrected chi connectivity index (χ0v) is 33.7. The zero-order chi connectivity index (χ0) is 40.8. The molecule has 0 spiro atoms.